The number of rotatable bonds is 4. The number of amides is 2. The molecular formula is C16H24N2O3. The summed E-state index contributed by atoms with van der Waals surface area (Å²) in [6, 6.07) is 6.49. The molecule has 0 aliphatic rings. The van der Waals surface area contributed by atoms with Crippen molar-refractivity contribution in [1.29, 1.82) is 0 Å². The third kappa shape index (κ3) is 4.77. The second-order valence-electron chi connectivity index (χ2n) is 6.37. The third-order valence-corrected chi connectivity index (χ3v) is 3.40. The van der Waals surface area contributed by atoms with Crippen LogP contribution in [0.2, 0.25) is 0 Å². The molecule has 2 N–H and O–H groups in total. The van der Waals surface area contributed by atoms with E-state index in [4.69, 9.17) is 0 Å². The topological polar surface area (TPSA) is 69.6 Å². The average Bonchev–Trinajstić information content (AvgIpc) is 2.36. The van der Waals surface area contributed by atoms with Crippen LogP contribution < -0.4 is 5.32 Å². The summed E-state index contributed by atoms with van der Waals surface area (Å²) < 4.78 is 0. The van der Waals surface area contributed by atoms with Crippen LogP contribution in [0.3, 0.4) is 0 Å². The summed E-state index contributed by atoms with van der Waals surface area (Å²) in [4.78, 5) is 24.9. The zero-order valence-corrected chi connectivity index (χ0v) is 13.3. The molecule has 116 valence electrons. The minimum absolute atomic E-state index is 0.388. The molecule has 0 bridgehead atoms. The highest BCUT2D eigenvalue weighted by Crippen LogP contribution is 2.20. The Bertz CT molecular complexity index is 520. The fraction of sp³-hybridized carbons (Fsp3) is 0.500. The summed E-state index contributed by atoms with van der Waals surface area (Å²) in [5, 5.41) is 11.8. The first-order valence-electron chi connectivity index (χ1n) is 6.92. The molecule has 1 aromatic rings. The number of hydrogen-bond donors (Lipinski definition) is 2. The molecule has 0 aromatic heterocycles. The van der Waals surface area contributed by atoms with Gasteiger partial charge in [0.1, 0.15) is 6.04 Å². The smallest absolute Gasteiger partial charge is 0.326 e. The van der Waals surface area contributed by atoms with Gasteiger partial charge in [0, 0.05) is 13.6 Å². The largest absolute Gasteiger partial charge is 0.480 e. The maximum atomic E-state index is 12.2. The van der Waals surface area contributed by atoms with Crippen LogP contribution >= 0.6 is 0 Å². The molecule has 0 saturated heterocycles. The van der Waals surface area contributed by atoms with E-state index in [1.54, 1.807) is 27.8 Å². The number of carbonyl (C=O) groups excluding carboxylic acids is 1. The summed E-state index contributed by atoms with van der Waals surface area (Å²) in [7, 11) is 1.66. The summed E-state index contributed by atoms with van der Waals surface area (Å²) in [6.07, 6.45) is 0. The van der Waals surface area contributed by atoms with E-state index in [1.807, 2.05) is 31.2 Å². The van der Waals surface area contributed by atoms with Gasteiger partial charge in [-0.3, -0.25) is 0 Å². The van der Waals surface area contributed by atoms with E-state index in [-0.39, 0.29) is 6.03 Å². The molecule has 1 atom stereocenters. The van der Waals surface area contributed by atoms with Gasteiger partial charge in [-0.2, -0.15) is 0 Å². The van der Waals surface area contributed by atoms with E-state index >= 15 is 0 Å². The van der Waals surface area contributed by atoms with Gasteiger partial charge in [-0.15, -0.1) is 0 Å². The fourth-order valence-corrected chi connectivity index (χ4v) is 2.00. The molecule has 0 saturated carbocycles. The van der Waals surface area contributed by atoms with Gasteiger partial charge in [0.05, 0.1) is 0 Å². The number of carboxylic acids is 1. The Labute approximate surface area is 126 Å². The highest BCUT2D eigenvalue weighted by atomic mass is 16.4. The number of benzene rings is 1. The zero-order chi connectivity index (χ0) is 16.2. The number of carboxylic acid groups (broad SMARTS) is 1. The highest BCUT2D eigenvalue weighted by Gasteiger charge is 2.33. The molecule has 1 aromatic carbocycles. The van der Waals surface area contributed by atoms with Gasteiger partial charge in [-0.1, -0.05) is 45.0 Å². The lowest BCUT2D eigenvalue weighted by molar-refractivity contribution is -0.142. The Balaban J connectivity index is 2.75. The Hall–Kier alpha value is -2.04. The molecule has 1 unspecified atom stereocenters. The SMILES string of the molecule is Cc1ccccc1CN(C)C(=O)NC(C(=O)O)C(C)(C)C. The van der Waals surface area contributed by atoms with Gasteiger partial charge in [0.25, 0.3) is 0 Å². The first kappa shape index (κ1) is 17.0. The number of nitrogens with one attached hydrogen (secondary N) is 1. The van der Waals surface area contributed by atoms with Gasteiger partial charge < -0.3 is 15.3 Å². The second kappa shape index (κ2) is 6.61. The van der Waals surface area contributed by atoms with Crippen molar-refractivity contribution in [3.05, 3.63) is 35.4 Å². The van der Waals surface area contributed by atoms with Crippen molar-refractivity contribution in [3.63, 3.8) is 0 Å². The Kier molecular flexibility index (Phi) is 5.35. The molecule has 0 aliphatic heterocycles. The molecule has 0 aliphatic carbocycles. The summed E-state index contributed by atoms with van der Waals surface area (Å²) in [5.41, 5.74) is 1.59. The predicted molar refractivity (Wildman–Crippen MR) is 82.1 cm³/mol. The summed E-state index contributed by atoms with van der Waals surface area (Å²) >= 11 is 0. The molecule has 1 rings (SSSR count). The Morgan fingerprint density at radius 3 is 2.33 bits per heavy atom. The molecule has 2 amide bonds. The highest BCUT2D eigenvalue weighted by molar-refractivity contribution is 5.83. The number of aliphatic carboxylic acids is 1. The molecule has 0 fully saturated rings. The van der Waals surface area contributed by atoms with Gasteiger partial charge >= 0.3 is 12.0 Å². The number of carbonyl (C=O) groups is 2. The summed E-state index contributed by atoms with van der Waals surface area (Å²) in [5.74, 6) is -1.03. The van der Waals surface area contributed by atoms with Crippen LogP contribution in [0.25, 0.3) is 0 Å². The lowest BCUT2D eigenvalue weighted by Gasteiger charge is -2.30. The molecule has 0 radical (unpaired) electrons. The standard InChI is InChI=1S/C16H24N2O3/c1-11-8-6-7-9-12(11)10-18(5)15(21)17-13(14(19)20)16(2,3)4/h6-9,13H,10H2,1-5H3,(H,17,21)(H,19,20). The van der Waals surface area contributed by atoms with E-state index in [0.717, 1.165) is 11.1 Å². The first-order valence-corrected chi connectivity index (χ1v) is 6.92. The molecule has 21 heavy (non-hydrogen) atoms. The van der Waals surface area contributed by atoms with E-state index in [0.29, 0.717) is 6.54 Å². The zero-order valence-electron chi connectivity index (χ0n) is 13.3. The van der Waals surface area contributed by atoms with Crippen molar-refractivity contribution in [2.45, 2.75) is 40.3 Å². The molecule has 5 nitrogen and oxygen atoms in total. The number of hydrogen-bond acceptors (Lipinski definition) is 2. The lowest BCUT2D eigenvalue weighted by atomic mass is 9.87. The number of urea groups is 1. The maximum absolute atomic E-state index is 12.2. The Morgan fingerprint density at radius 1 is 1.29 bits per heavy atom. The minimum Gasteiger partial charge on any atom is -0.480 e. The number of nitrogens with zero attached hydrogens (tertiary/aromatic N) is 1. The monoisotopic (exact) mass is 292 g/mol. The van der Waals surface area contributed by atoms with Gasteiger partial charge in [-0.05, 0) is 23.5 Å². The van der Waals surface area contributed by atoms with E-state index < -0.39 is 17.4 Å². The molecule has 0 heterocycles. The van der Waals surface area contributed by atoms with Crippen molar-refractivity contribution in [2.24, 2.45) is 5.41 Å². The second-order valence-corrected chi connectivity index (χ2v) is 6.37. The van der Waals surface area contributed by atoms with Crippen LogP contribution in [0.1, 0.15) is 31.9 Å². The third-order valence-electron chi connectivity index (χ3n) is 3.40. The quantitative estimate of drug-likeness (QED) is 0.896. The van der Waals surface area contributed by atoms with Gasteiger partial charge in [-0.25, -0.2) is 9.59 Å². The first-order chi connectivity index (χ1) is 9.62. The van der Waals surface area contributed by atoms with Gasteiger partial charge in [0.15, 0.2) is 0 Å². The van der Waals surface area contributed by atoms with Crippen LogP contribution in [0, 0.1) is 12.3 Å². The van der Waals surface area contributed by atoms with Crippen LogP contribution in [0.15, 0.2) is 24.3 Å². The van der Waals surface area contributed by atoms with Crippen LogP contribution in [0.5, 0.6) is 0 Å². The summed E-state index contributed by atoms with van der Waals surface area (Å²) in [6.45, 7) is 7.78. The van der Waals surface area contributed by atoms with Crippen molar-refractivity contribution < 1.29 is 14.7 Å². The van der Waals surface area contributed by atoms with Crippen LogP contribution in [-0.4, -0.2) is 35.1 Å². The average molecular weight is 292 g/mol. The molecular weight excluding hydrogens is 268 g/mol. The fourth-order valence-electron chi connectivity index (χ4n) is 2.00. The predicted octanol–water partition coefficient (Wildman–Crippen LogP) is 2.64. The van der Waals surface area contributed by atoms with E-state index in [2.05, 4.69) is 5.32 Å². The number of aryl methyl sites for hydroxylation is 1. The van der Waals surface area contributed by atoms with Crippen molar-refractivity contribution in [2.75, 3.05) is 7.05 Å². The molecule has 0 spiro atoms. The van der Waals surface area contributed by atoms with E-state index in [9.17, 15) is 14.7 Å². The molecule has 5 heteroatoms. The van der Waals surface area contributed by atoms with Crippen molar-refractivity contribution in [1.82, 2.24) is 10.2 Å². The minimum atomic E-state index is -1.03. The van der Waals surface area contributed by atoms with Crippen molar-refractivity contribution in [3.8, 4) is 0 Å². The van der Waals surface area contributed by atoms with Crippen LogP contribution in [-0.2, 0) is 11.3 Å². The normalized spacial score (nSPS) is 12.6. The van der Waals surface area contributed by atoms with Gasteiger partial charge in [0.2, 0.25) is 0 Å². The van der Waals surface area contributed by atoms with E-state index in [1.165, 1.54) is 4.90 Å². The lowest BCUT2D eigenvalue weighted by Crippen LogP contribution is -2.52. The van der Waals surface area contributed by atoms with Crippen LogP contribution in [0.4, 0.5) is 4.79 Å². The Morgan fingerprint density at radius 2 is 1.86 bits per heavy atom. The maximum Gasteiger partial charge on any atom is 0.326 e. The van der Waals surface area contributed by atoms with Crippen molar-refractivity contribution >= 4 is 12.0 Å².